The summed E-state index contributed by atoms with van der Waals surface area (Å²) in [5.41, 5.74) is 5.92. The number of fused-ring (bicyclic) bond motifs is 2. The summed E-state index contributed by atoms with van der Waals surface area (Å²) in [7, 11) is 1.98. The predicted molar refractivity (Wildman–Crippen MR) is 119 cm³/mol. The Morgan fingerprint density at radius 2 is 1.90 bits per heavy atom. The Hall–Kier alpha value is -3.85. The molecule has 6 aromatic rings. The molecular weight excluding hydrogens is 413 g/mol. The van der Waals surface area contributed by atoms with Crippen LogP contribution in [0.1, 0.15) is 5.82 Å². The standard InChI is InChI=1S/C22H16FN7S/c1-11-25-10-17(30(11)2)12-7-14-20(28-29-22(14)26-9-12)16-8-13-15(27-16)5-6-24-21(13)18-3-4-19(23)31-18/h3-10,27H,1-2H3,(H,26,28,29). The summed E-state index contributed by atoms with van der Waals surface area (Å²) in [6.45, 7) is 1.97. The van der Waals surface area contributed by atoms with Crippen LogP contribution in [0.3, 0.4) is 0 Å². The highest BCUT2D eigenvalue weighted by atomic mass is 32.1. The molecule has 2 N–H and O–H groups in total. The van der Waals surface area contributed by atoms with Gasteiger partial charge in [-0.2, -0.15) is 9.49 Å². The number of rotatable bonds is 3. The summed E-state index contributed by atoms with van der Waals surface area (Å²) >= 11 is 1.08. The topological polar surface area (TPSA) is 88.1 Å². The first-order valence-corrected chi connectivity index (χ1v) is 10.5. The molecule has 6 heterocycles. The van der Waals surface area contributed by atoms with E-state index in [9.17, 15) is 4.39 Å². The average Bonchev–Trinajstić information content (AvgIpc) is 3.54. The molecule has 0 fully saturated rings. The van der Waals surface area contributed by atoms with Crippen LogP contribution in [-0.4, -0.2) is 34.7 Å². The van der Waals surface area contributed by atoms with Crippen molar-refractivity contribution < 1.29 is 4.39 Å². The summed E-state index contributed by atoms with van der Waals surface area (Å²) in [6, 6.07) is 9.19. The van der Waals surface area contributed by atoms with Crippen LogP contribution in [-0.2, 0) is 7.05 Å². The van der Waals surface area contributed by atoms with Crippen LogP contribution in [0.2, 0.25) is 0 Å². The number of aromatic nitrogens is 7. The third-order valence-electron chi connectivity index (χ3n) is 5.54. The van der Waals surface area contributed by atoms with E-state index in [-0.39, 0.29) is 5.13 Å². The molecule has 9 heteroatoms. The maximum atomic E-state index is 13.6. The zero-order valence-corrected chi connectivity index (χ0v) is 17.5. The Labute approximate surface area is 179 Å². The van der Waals surface area contributed by atoms with Gasteiger partial charge in [0.05, 0.1) is 28.2 Å². The highest BCUT2D eigenvalue weighted by Gasteiger charge is 2.17. The van der Waals surface area contributed by atoms with E-state index in [1.165, 1.54) is 6.07 Å². The van der Waals surface area contributed by atoms with Crippen molar-refractivity contribution in [3.05, 3.63) is 59.9 Å². The molecule has 0 aromatic carbocycles. The number of H-pyrrole nitrogens is 2. The molecule has 0 unspecified atom stereocenters. The van der Waals surface area contributed by atoms with Gasteiger partial charge in [-0.05, 0) is 37.3 Å². The molecular formula is C22H16FN7S. The minimum absolute atomic E-state index is 0.230. The fraction of sp³-hybridized carbons (Fsp3) is 0.0909. The van der Waals surface area contributed by atoms with Crippen LogP contribution in [0.5, 0.6) is 0 Å². The van der Waals surface area contributed by atoms with E-state index in [0.717, 1.165) is 66.7 Å². The van der Waals surface area contributed by atoms with E-state index < -0.39 is 0 Å². The van der Waals surface area contributed by atoms with Gasteiger partial charge >= 0.3 is 0 Å². The molecule has 0 saturated heterocycles. The molecule has 0 bridgehead atoms. The fourth-order valence-corrected chi connectivity index (χ4v) is 4.58. The second-order valence-corrected chi connectivity index (χ2v) is 8.38. The van der Waals surface area contributed by atoms with Crippen molar-refractivity contribution in [2.45, 2.75) is 6.92 Å². The summed E-state index contributed by atoms with van der Waals surface area (Å²) in [5.74, 6) is 0.933. The SMILES string of the molecule is Cc1ncc(-c2cnc3[nH]nc(-c4cc5c(-c6ccc(F)s6)nccc5[nH]4)c3c2)n1C. The van der Waals surface area contributed by atoms with Crippen LogP contribution >= 0.6 is 11.3 Å². The van der Waals surface area contributed by atoms with Crippen molar-refractivity contribution in [3.8, 4) is 33.2 Å². The fourth-order valence-electron chi connectivity index (χ4n) is 3.84. The van der Waals surface area contributed by atoms with Gasteiger partial charge in [0.2, 0.25) is 0 Å². The van der Waals surface area contributed by atoms with Gasteiger partial charge in [0.1, 0.15) is 11.5 Å². The molecule has 0 aliphatic heterocycles. The van der Waals surface area contributed by atoms with Gasteiger partial charge in [-0.25, -0.2) is 9.97 Å². The number of thiophene rings is 1. The number of pyridine rings is 2. The van der Waals surface area contributed by atoms with Crippen LogP contribution in [0.25, 0.3) is 55.2 Å². The molecule has 0 aliphatic carbocycles. The van der Waals surface area contributed by atoms with Crippen molar-refractivity contribution in [1.82, 2.24) is 34.7 Å². The second-order valence-electron chi connectivity index (χ2n) is 7.35. The Morgan fingerprint density at radius 3 is 2.68 bits per heavy atom. The third kappa shape index (κ3) is 2.77. The normalized spacial score (nSPS) is 11.7. The molecule has 0 radical (unpaired) electrons. The van der Waals surface area contributed by atoms with Crippen molar-refractivity contribution in [3.63, 3.8) is 0 Å². The Kier molecular flexibility index (Phi) is 3.81. The Balaban J connectivity index is 1.52. The van der Waals surface area contributed by atoms with Crippen LogP contribution in [0, 0.1) is 12.1 Å². The van der Waals surface area contributed by atoms with Crippen LogP contribution < -0.4 is 0 Å². The molecule has 0 aliphatic rings. The molecule has 31 heavy (non-hydrogen) atoms. The maximum absolute atomic E-state index is 13.6. The average molecular weight is 429 g/mol. The Bertz CT molecular complexity index is 1590. The first kappa shape index (κ1) is 18.0. The summed E-state index contributed by atoms with van der Waals surface area (Å²) in [6.07, 6.45) is 5.39. The molecule has 0 saturated carbocycles. The number of hydrogen-bond acceptors (Lipinski definition) is 5. The van der Waals surface area contributed by atoms with E-state index in [4.69, 9.17) is 0 Å². The number of imidazole rings is 1. The molecule has 0 atom stereocenters. The van der Waals surface area contributed by atoms with Crippen molar-refractivity contribution in [2.24, 2.45) is 7.05 Å². The third-order valence-corrected chi connectivity index (χ3v) is 6.42. The van der Waals surface area contributed by atoms with E-state index >= 15 is 0 Å². The monoisotopic (exact) mass is 429 g/mol. The summed E-state index contributed by atoms with van der Waals surface area (Å²) in [5, 5.41) is 9.11. The lowest BCUT2D eigenvalue weighted by atomic mass is 10.1. The number of halogens is 1. The first-order chi connectivity index (χ1) is 15.1. The summed E-state index contributed by atoms with van der Waals surface area (Å²) in [4.78, 5) is 17.6. The highest BCUT2D eigenvalue weighted by molar-refractivity contribution is 7.13. The van der Waals surface area contributed by atoms with Gasteiger partial charge in [-0.3, -0.25) is 10.1 Å². The Morgan fingerprint density at radius 1 is 1.00 bits per heavy atom. The molecule has 7 nitrogen and oxygen atoms in total. The number of nitrogens with one attached hydrogen (secondary N) is 2. The molecule has 6 aromatic heterocycles. The lowest BCUT2D eigenvalue weighted by molar-refractivity contribution is 0.657. The minimum Gasteiger partial charge on any atom is -0.353 e. The lowest BCUT2D eigenvalue weighted by Gasteiger charge is -2.04. The van der Waals surface area contributed by atoms with E-state index in [2.05, 4.69) is 36.2 Å². The largest absolute Gasteiger partial charge is 0.353 e. The number of nitrogens with zero attached hydrogens (tertiary/aromatic N) is 5. The van der Waals surface area contributed by atoms with Crippen molar-refractivity contribution in [2.75, 3.05) is 0 Å². The second kappa shape index (κ2) is 6.58. The summed E-state index contributed by atoms with van der Waals surface area (Å²) < 4.78 is 15.6. The lowest BCUT2D eigenvalue weighted by Crippen LogP contribution is -1.94. The number of aromatic amines is 2. The van der Waals surface area contributed by atoms with E-state index in [0.29, 0.717) is 5.65 Å². The zero-order valence-electron chi connectivity index (χ0n) is 16.6. The van der Waals surface area contributed by atoms with E-state index in [1.54, 1.807) is 12.3 Å². The highest BCUT2D eigenvalue weighted by Crippen LogP contribution is 2.35. The van der Waals surface area contributed by atoms with E-state index in [1.807, 2.05) is 43.1 Å². The van der Waals surface area contributed by atoms with Gasteiger partial charge in [0.15, 0.2) is 10.8 Å². The number of aryl methyl sites for hydroxylation is 1. The minimum atomic E-state index is -0.230. The van der Waals surface area contributed by atoms with Gasteiger partial charge in [0, 0.05) is 41.3 Å². The number of hydrogen-bond donors (Lipinski definition) is 2. The van der Waals surface area contributed by atoms with Crippen LogP contribution in [0.15, 0.2) is 48.9 Å². The molecule has 152 valence electrons. The quantitative estimate of drug-likeness (QED) is 0.411. The van der Waals surface area contributed by atoms with Crippen molar-refractivity contribution in [1.29, 1.82) is 0 Å². The molecule has 6 rings (SSSR count). The van der Waals surface area contributed by atoms with Crippen LogP contribution in [0.4, 0.5) is 4.39 Å². The smallest absolute Gasteiger partial charge is 0.177 e. The zero-order chi connectivity index (χ0) is 21.1. The first-order valence-electron chi connectivity index (χ1n) is 9.65. The predicted octanol–water partition coefficient (Wildman–Crippen LogP) is 5.08. The van der Waals surface area contributed by atoms with Gasteiger partial charge in [-0.1, -0.05) is 0 Å². The molecule has 0 spiro atoms. The van der Waals surface area contributed by atoms with Gasteiger partial charge in [0.25, 0.3) is 0 Å². The maximum Gasteiger partial charge on any atom is 0.177 e. The van der Waals surface area contributed by atoms with Gasteiger partial charge in [-0.15, -0.1) is 11.3 Å². The molecule has 0 amide bonds. The van der Waals surface area contributed by atoms with Crippen molar-refractivity contribution >= 4 is 33.3 Å². The van der Waals surface area contributed by atoms with Gasteiger partial charge < -0.3 is 9.55 Å².